The molecular formula is C20H25N3O3S. The molecule has 0 bridgehead atoms. The summed E-state index contributed by atoms with van der Waals surface area (Å²) >= 11 is 0. The van der Waals surface area contributed by atoms with E-state index in [0.717, 1.165) is 32.2 Å². The Morgan fingerprint density at radius 2 is 2.07 bits per heavy atom. The van der Waals surface area contributed by atoms with E-state index in [2.05, 4.69) is 16.6 Å². The molecule has 7 heteroatoms. The van der Waals surface area contributed by atoms with Gasteiger partial charge < -0.3 is 4.90 Å². The Morgan fingerprint density at radius 3 is 2.81 bits per heavy atom. The molecule has 0 spiro atoms. The summed E-state index contributed by atoms with van der Waals surface area (Å²) in [6.45, 7) is 2.91. The summed E-state index contributed by atoms with van der Waals surface area (Å²) in [5, 5.41) is 0. The fourth-order valence-electron chi connectivity index (χ4n) is 3.41. The van der Waals surface area contributed by atoms with Gasteiger partial charge in [-0.3, -0.25) is 9.78 Å². The van der Waals surface area contributed by atoms with Gasteiger partial charge in [-0.15, -0.1) is 0 Å². The van der Waals surface area contributed by atoms with Crippen molar-refractivity contribution < 1.29 is 13.2 Å². The van der Waals surface area contributed by atoms with Gasteiger partial charge in [0.05, 0.1) is 17.1 Å². The Hall–Kier alpha value is -2.25. The zero-order valence-corrected chi connectivity index (χ0v) is 16.3. The second-order valence-corrected chi connectivity index (χ2v) is 8.50. The number of sulfonamides is 1. The first-order valence-electron chi connectivity index (χ1n) is 9.32. The molecule has 0 radical (unpaired) electrons. The predicted molar refractivity (Wildman–Crippen MR) is 104 cm³/mol. The van der Waals surface area contributed by atoms with E-state index < -0.39 is 10.0 Å². The van der Waals surface area contributed by atoms with Crippen molar-refractivity contribution in [1.29, 1.82) is 0 Å². The number of carbonyl (C=O) groups excluding carboxylic acids is 1. The third kappa shape index (κ3) is 4.73. The van der Waals surface area contributed by atoms with E-state index in [1.807, 2.05) is 4.90 Å². The zero-order chi connectivity index (χ0) is 19.3. The molecule has 3 rings (SSSR count). The van der Waals surface area contributed by atoms with E-state index in [4.69, 9.17) is 0 Å². The average Bonchev–Trinajstić information content (AvgIpc) is 2.72. The predicted octanol–water partition coefficient (Wildman–Crippen LogP) is 2.96. The van der Waals surface area contributed by atoms with Crippen molar-refractivity contribution in [2.75, 3.05) is 6.54 Å². The zero-order valence-electron chi connectivity index (χ0n) is 15.5. The maximum Gasteiger partial charge on any atom is 0.254 e. The number of benzene rings is 1. The number of hydrogen-bond donors (Lipinski definition) is 1. The van der Waals surface area contributed by atoms with Crippen molar-refractivity contribution in [3.63, 3.8) is 0 Å². The Morgan fingerprint density at radius 1 is 1.22 bits per heavy atom. The Balaban J connectivity index is 1.77. The minimum atomic E-state index is -3.73. The first kappa shape index (κ1) is 19.5. The molecule has 1 fully saturated rings. The maximum atomic E-state index is 12.9. The molecule has 1 atom stereocenters. The lowest BCUT2D eigenvalue weighted by Crippen LogP contribution is -2.43. The molecule has 6 nitrogen and oxygen atoms in total. The molecule has 1 aromatic carbocycles. The van der Waals surface area contributed by atoms with Crippen molar-refractivity contribution in [2.45, 2.75) is 50.1 Å². The Bertz CT molecular complexity index is 884. The lowest BCUT2D eigenvalue weighted by atomic mass is 9.99. The number of amides is 1. The normalized spacial score (nSPS) is 17.7. The summed E-state index contributed by atoms with van der Waals surface area (Å²) in [7, 11) is -3.73. The van der Waals surface area contributed by atoms with Gasteiger partial charge in [-0.2, -0.15) is 0 Å². The van der Waals surface area contributed by atoms with Gasteiger partial charge in [0.1, 0.15) is 0 Å². The second kappa shape index (κ2) is 8.63. The van der Waals surface area contributed by atoms with Crippen LogP contribution in [0, 0.1) is 0 Å². The Labute approximate surface area is 160 Å². The van der Waals surface area contributed by atoms with E-state index in [9.17, 15) is 13.2 Å². The van der Waals surface area contributed by atoms with Crippen LogP contribution in [-0.2, 0) is 16.6 Å². The van der Waals surface area contributed by atoms with E-state index in [-0.39, 0.29) is 23.4 Å². The van der Waals surface area contributed by atoms with Gasteiger partial charge >= 0.3 is 0 Å². The Kier molecular flexibility index (Phi) is 6.23. The van der Waals surface area contributed by atoms with Gasteiger partial charge in [-0.1, -0.05) is 19.1 Å². The molecule has 1 amide bonds. The molecule has 0 saturated carbocycles. The van der Waals surface area contributed by atoms with Crippen LogP contribution >= 0.6 is 0 Å². The third-order valence-electron chi connectivity index (χ3n) is 4.92. The number of hydrogen-bond acceptors (Lipinski definition) is 4. The number of carbonyl (C=O) groups is 1. The number of piperidine rings is 1. The number of pyridine rings is 1. The van der Waals surface area contributed by atoms with Crippen molar-refractivity contribution in [2.24, 2.45) is 0 Å². The summed E-state index contributed by atoms with van der Waals surface area (Å²) in [5.41, 5.74) is 1.04. The van der Waals surface area contributed by atoms with Gasteiger partial charge in [0.2, 0.25) is 10.0 Å². The molecule has 2 aromatic rings. The largest absolute Gasteiger partial charge is 0.336 e. The van der Waals surface area contributed by atoms with Crippen LogP contribution in [0.15, 0.2) is 53.6 Å². The average molecular weight is 388 g/mol. The van der Waals surface area contributed by atoms with Crippen molar-refractivity contribution in [3.8, 4) is 0 Å². The van der Waals surface area contributed by atoms with Crippen LogP contribution in [0.1, 0.15) is 48.7 Å². The monoisotopic (exact) mass is 387 g/mol. The van der Waals surface area contributed by atoms with E-state index in [1.165, 1.54) is 12.1 Å². The molecule has 144 valence electrons. The summed E-state index contributed by atoms with van der Waals surface area (Å²) in [4.78, 5) is 19.0. The van der Waals surface area contributed by atoms with Crippen molar-refractivity contribution >= 4 is 15.9 Å². The van der Waals surface area contributed by atoms with Crippen molar-refractivity contribution in [1.82, 2.24) is 14.6 Å². The van der Waals surface area contributed by atoms with Gasteiger partial charge in [0.15, 0.2) is 0 Å². The highest BCUT2D eigenvalue weighted by Crippen LogP contribution is 2.22. The number of aromatic nitrogens is 1. The van der Waals surface area contributed by atoms with Crippen LogP contribution in [0.5, 0.6) is 0 Å². The molecule has 0 aliphatic carbocycles. The third-order valence-corrected chi connectivity index (χ3v) is 6.32. The lowest BCUT2D eigenvalue weighted by Gasteiger charge is -2.35. The molecule has 27 heavy (non-hydrogen) atoms. The molecule has 1 N–H and O–H groups in total. The van der Waals surface area contributed by atoms with Crippen molar-refractivity contribution in [3.05, 3.63) is 59.9 Å². The highest BCUT2D eigenvalue weighted by Gasteiger charge is 2.27. The molecule has 1 aliphatic heterocycles. The SMILES string of the molecule is CCC1CCCCN1C(=O)c1cccc(S(=O)(=O)NCc2ccccn2)c1. The van der Waals surface area contributed by atoms with E-state index >= 15 is 0 Å². The minimum Gasteiger partial charge on any atom is -0.336 e. The first-order valence-corrected chi connectivity index (χ1v) is 10.8. The quantitative estimate of drug-likeness (QED) is 0.826. The first-order chi connectivity index (χ1) is 13.0. The summed E-state index contributed by atoms with van der Waals surface area (Å²) in [5.74, 6) is -0.0941. The van der Waals surface area contributed by atoms with Gasteiger partial charge in [-0.25, -0.2) is 13.1 Å². The number of likely N-dealkylation sites (tertiary alicyclic amines) is 1. The van der Waals surface area contributed by atoms with Gasteiger partial charge in [0.25, 0.3) is 5.91 Å². The minimum absolute atomic E-state index is 0.0920. The molecule has 2 heterocycles. The maximum absolute atomic E-state index is 12.9. The van der Waals surface area contributed by atoms with Gasteiger partial charge in [-0.05, 0) is 56.0 Å². The number of rotatable bonds is 6. The van der Waals surface area contributed by atoms with Crippen LogP contribution in [0.2, 0.25) is 0 Å². The molecule has 1 saturated heterocycles. The fraction of sp³-hybridized carbons (Fsp3) is 0.400. The fourth-order valence-corrected chi connectivity index (χ4v) is 4.45. The topological polar surface area (TPSA) is 79.4 Å². The summed E-state index contributed by atoms with van der Waals surface area (Å²) < 4.78 is 27.8. The van der Waals surface area contributed by atoms with Crippen LogP contribution in [0.3, 0.4) is 0 Å². The van der Waals surface area contributed by atoms with Gasteiger partial charge in [0, 0.05) is 24.3 Å². The molecular weight excluding hydrogens is 362 g/mol. The molecule has 1 aromatic heterocycles. The molecule has 1 unspecified atom stereocenters. The highest BCUT2D eigenvalue weighted by molar-refractivity contribution is 7.89. The highest BCUT2D eigenvalue weighted by atomic mass is 32.2. The number of nitrogens with one attached hydrogen (secondary N) is 1. The van der Waals surface area contributed by atoms with E-state index in [0.29, 0.717) is 11.3 Å². The van der Waals surface area contributed by atoms with E-state index in [1.54, 1.807) is 36.5 Å². The lowest BCUT2D eigenvalue weighted by molar-refractivity contribution is 0.0608. The van der Waals surface area contributed by atoms with Crippen LogP contribution in [0.4, 0.5) is 0 Å². The summed E-state index contributed by atoms with van der Waals surface area (Å²) in [6, 6.07) is 11.8. The second-order valence-electron chi connectivity index (χ2n) is 6.73. The number of nitrogens with zero attached hydrogens (tertiary/aromatic N) is 2. The summed E-state index contributed by atoms with van der Waals surface area (Å²) in [6.07, 6.45) is 5.66. The smallest absolute Gasteiger partial charge is 0.254 e. The van der Waals surface area contributed by atoms with Crippen LogP contribution in [-0.4, -0.2) is 36.8 Å². The van der Waals surface area contributed by atoms with Crippen LogP contribution in [0.25, 0.3) is 0 Å². The standard InChI is InChI=1S/C20H25N3O3S/c1-2-18-10-4-6-13-23(18)20(24)16-8-7-11-19(14-16)27(25,26)22-15-17-9-3-5-12-21-17/h3,5,7-9,11-12,14,18,22H,2,4,6,10,13,15H2,1H3. The molecule has 1 aliphatic rings. The van der Waals surface area contributed by atoms with Crippen LogP contribution < -0.4 is 4.72 Å².